The van der Waals surface area contributed by atoms with Crippen LogP contribution < -0.4 is 5.32 Å². The van der Waals surface area contributed by atoms with Crippen LogP contribution in [0, 0.1) is 0 Å². The molecule has 7 nitrogen and oxygen atoms in total. The van der Waals surface area contributed by atoms with E-state index in [4.69, 9.17) is 9.66 Å². The summed E-state index contributed by atoms with van der Waals surface area (Å²) in [5.74, 6) is 0. The second-order valence-corrected chi connectivity index (χ2v) is 3.83. The molecule has 1 aliphatic rings. The SMILES string of the molecule is O=S(=O)(O)O[C@@H]1CNC[C@H](O)[C@@H]1O. The third kappa shape index (κ3) is 3.18. The molecule has 1 saturated heterocycles. The van der Waals surface area contributed by atoms with Gasteiger partial charge in [-0.1, -0.05) is 0 Å². The van der Waals surface area contributed by atoms with Crippen molar-refractivity contribution in [2.45, 2.75) is 18.3 Å². The van der Waals surface area contributed by atoms with E-state index in [1.807, 2.05) is 0 Å². The number of rotatable bonds is 2. The molecule has 0 aromatic carbocycles. The van der Waals surface area contributed by atoms with E-state index >= 15 is 0 Å². The van der Waals surface area contributed by atoms with E-state index in [2.05, 4.69) is 9.50 Å². The first kappa shape index (κ1) is 10.8. The number of hydrogen-bond acceptors (Lipinski definition) is 6. The van der Waals surface area contributed by atoms with E-state index < -0.39 is 28.7 Å². The zero-order valence-corrected chi connectivity index (χ0v) is 7.44. The summed E-state index contributed by atoms with van der Waals surface area (Å²) in [6, 6.07) is 0. The third-order valence-electron chi connectivity index (χ3n) is 1.72. The van der Waals surface area contributed by atoms with Crippen LogP contribution in [0.3, 0.4) is 0 Å². The minimum atomic E-state index is -4.59. The molecule has 0 aromatic rings. The highest BCUT2D eigenvalue weighted by molar-refractivity contribution is 7.80. The Labute approximate surface area is 75.3 Å². The van der Waals surface area contributed by atoms with Gasteiger partial charge in [-0.05, 0) is 0 Å². The van der Waals surface area contributed by atoms with Crippen molar-refractivity contribution in [2.24, 2.45) is 0 Å². The summed E-state index contributed by atoms with van der Waals surface area (Å²) >= 11 is 0. The molecule has 0 saturated carbocycles. The van der Waals surface area contributed by atoms with E-state index in [1.165, 1.54) is 0 Å². The van der Waals surface area contributed by atoms with Gasteiger partial charge >= 0.3 is 10.4 Å². The molecule has 0 aromatic heterocycles. The maximum Gasteiger partial charge on any atom is 0.397 e. The second kappa shape index (κ2) is 3.86. The zero-order valence-electron chi connectivity index (χ0n) is 6.62. The van der Waals surface area contributed by atoms with Crippen molar-refractivity contribution >= 4 is 10.4 Å². The van der Waals surface area contributed by atoms with Gasteiger partial charge in [-0.3, -0.25) is 4.55 Å². The Morgan fingerprint density at radius 3 is 2.46 bits per heavy atom. The predicted octanol–water partition coefficient (Wildman–Crippen LogP) is -2.50. The average molecular weight is 213 g/mol. The van der Waals surface area contributed by atoms with Crippen LogP contribution in [0.4, 0.5) is 0 Å². The molecule has 0 radical (unpaired) electrons. The van der Waals surface area contributed by atoms with E-state index in [-0.39, 0.29) is 13.1 Å². The summed E-state index contributed by atoms with van der Waals surface area (Å²) in [4.78, 5) is 0. The molecule has 13 heavy (non-hydrogen) atoms. The highest BCUT2D eigenvalue weighted by Gasteiger charge is 2.33. The predicted molar refractivity (Wildman–Crippen MR) is 41.3 cm³/mol. The normalized spacial score (nSPS) is 36.1. The molecule has 8 heteroatoms. The zero-order chi connectivity index (χ0) is 10.1. The topological polar surface area (TPSA) is 116 Å². The first-order valence-electron chi connectivity index (χ1n) is 3.62. The van der Waals surface area contributed by atoms with Gasteiger partial charge in [0.15, 0.2) is 0 Å². The fourth-order valence-corrected chi connectivity index (χ4v) is 1.60. The van der Waals surface area contributed by atoms with Crippen LogP contribution in [0.15, 0.2) is 0 Å². The van der Waals surface area contributed by atoms with Crippen molar-refractivity contribution in [3.63, 3.8) is 0 Å². The highest BCUT2D eigenvalue weighted by atomic mass is 32.3. The largest absolute Gasteiger partial charge is 0.397 e. The van der Waals surface area contributed by atoms with Crippen LogP contribution in [0.1, 0.15) is 0 Å². The van der Waals surface area contributed by atoms with Crippen molar-refractivity contribution in [3.8, 4) is 0 Å². The fraction of sp³-hybridized carbons (Fsp3) is 1.00. The van der Waals surface area contributed by atoms with Crippen LogP contribution in [0.2, 0.25) is 0 Å². The Morgan fingerprint density at radius 1 is 1.31 bits per heavy atom. The molecule has 1 heterocycles. The van der Waals surface area contributed by atoms with E-state index in [0.717, 1.165) is 0 Å². The van der Waals surface area contributed by atoms with Gasteiger partial charge in [0.05, 0.1) is 6.10 Å². The Balaban J connectivity index is 2.59. The van der Waals surface area contributed by atoms with Crippen LogP contribution in [0.25, 0.3) is 0 Å². The smallest absolute Gasteiger partial charge is 0.389 e. The summed E-state index contributed by atoms with van der Waals surface area (Å²) in [6.07, 6.45) is -3.57. The monoisotopic (exact) mass is 213 g/mol. The summed E-state index contributed by atoms with van der Waals surface area (Å²) in [6.45, 7) is 0.213. The summed E-state index contributed by atoms with van der Waals surface area (Å²) in [5, 5.41) is 20.9. The van der Waals surface area contributed by atoms with Gasteiger partial charge in [-0.15, -0.1) is 0 Å². The molecule has 0 aliphatic carbocycles. The van der Waals surface area contributed by atoms with Crippen molar-refractivity contribution in [1.29, 1.82) is 0 Å². The number of hydrogen-bond donors (Lipinski definition) is 4. The van der Waals surface area contributed by atoms with E-state index in [1.54, 1.807) is 0 Å². The van der Waals surface area contributed by atoms with E-state index in [0.29, 0.717) is 0 Å². The van der Waals surface area contributed by atoms with Gasteiger partial charge in [0, 0.05) is 13.1 Å². The number of aliphatic hydroxyl groups excluding tert-OH is 2. The van der Waals surface area contributed by atoms with E-state index in [9.17, 15) is 13.5 Å². The lowest BCUT2D eigenvalue weighted by Crippen LogP contribution is -2.55. The number of piperidine rings is 1. The quantitative estimate of drug-likeness (QED) is 0.375. The van der Waals surface area contributed by atoms with Crippen LogP contribution >= 0.6 is 0 Å². The Hall–Kier alpha value is -0.250. The van der Waals surface area contributed by atoms with Gasteiger partial charge in [0.1, 0.15) is 12.2 Å². The maximum absolute atomic E-state index is 10.3. The van der Waals surface area contributed by atoms with Crippen molar-refractivity contribution in [3.05, 3.63) is 0 Å². The van der Waals surface area contributed by atoms with Crippen LogP contribution in [0.5, 0.6) is 0 Å². The lowest BCUT2D eigenvalue weighted by molar-refractivity contribution is -0.0659. The molecular weight excluding hydrogens is 202 g/mol. The van der Waals surface area contributed by atoms with Crippen molar-refractivity contribution in [1.82, 2.24) is 5.32 Å². The molecule has 4 N–H and O–H groups in total. The first-order valence-corrected chi connectivity index (χ1v) is 4.99. The van der Waals surface area contributed by atoms with Crippen LogP contribution in [-0.4, -0.2) is 54.6 Å². The minimum absolute atomic E-state index is 0.0536. The second-order valence-electron chi connectivity index (χ2n) is 2.78. The molecule has 1 fully saturated rings. The lowest BCUT2D eigenvalue weighted by Gasteiger charge is -2.30. The molecule has 0 amide bonds. The summed E-state index contributed by atoms with van der Waals surface area (Å²) in [5.41, 5.74) is 0. The molecule has 1 aliphatic heterocycles. The highest BCUT2D eigenvalue weighted by Crippen LogP contribution is 2.10. The molecule has 0 unspecified atom stereocenters. The van der Waals surface area contributed by atoms with Gasteiger partial charge in [0.25, 0.3) is 0 Å². The lowest BCUT2D eigenvalue weighted by atomic mass is 10.0. The standard InChI is InChI=1S/C5H11NO6S/c7-3-1-6-2-4(5(3)8)12-13(9,10)11/h3-8H,1-2H2,(H,9,10,11)/t3-,4+,5-/m0/s1. The van der Waals surface area contributed by atoms with Gasteiger partial charge in [-0.25, -0.2) is 4.18 Å². The Kier molecular flexibility index (Phi) is 3.22. The van der Waals surface area contributed by atoms with Gasteiger partial charge in [-0.2, -0.15) is 8.42 Å². The Morgan fingerprint density at radius 2 is 1.92 bits per heavy atom. The van der Waals surface area contributed by atoms with Gasteiger partial charge < -0.3 is 15.5 Å². The fourth-order valence-electron chi connectivity index (χ4n) is 1.11. The summed E-state index contributed by atoms with van der Waals surface area (Å²) < 4.78 is 32.9. The molecule has 0 bridgehead atoms. The average Bonchev–Trinajstić information content (AvgIpc) is 1.96. The Bertz CT molecular complexity index is 264. The molecule has 78 valence electrons. The minimum Gasteiger partial charge on any atom is -0.389 e. The number of nitrogens with one attached hydrogen (secondary N) is 1. The molecule has 3 atom stereocenters. The summed E-state index contributed by atoms with van der Waals surface area (Å²) in [7, 11) is -4.59. The number of β-amino-alcohol motifs (C(OH)–C–C–N with tert-alkyl or cyclic N) is 1. The van der Waals surface area contributed by atoms with Gasteiger partial charge in [0.2, 0.25) is 0 Å². The first-order chi connectivity index (χ1) is 5.90. The van der Waals surface area contributed by atoms with Crippen LogP contribution in [-0.2, 0) is 14.6 Å². The molecule has 1 rings (SSSR count). The number of aliphatic hydroxyl groups is 2. The maximum atomic E-state index is 10.3. The van der Waals surface area contributed by atoms with Crippen molar-refractivity contribution < 1.29 is 27.4 Å². The van der Waals surface area contributed by atoms with Crippen molar-refractivity contribution in [2.75, 3.05) is 13.1 Å². The molecular formula is C5H11NO6S. The molecule has 0 spiro atoms. The third-order valence-corrected chi connectivity index (χ3v) is 2.21.